The van der Waals surface area contributed by atoms with Crippen LogP contribution in [0.2, 0.25) is 0 Å². The molecule has 2 rings (SSSR count). The lowest BCUT2D eigenvalue weighted by atomic mass is 9.73. The third-order valence-electron chi connectivity index (χ3n) is 4.40. The minimum Gasteiger partial charge on any atom is -0.300 e. The van der Waals surface area contributed by atoms with Gasteiger partial charge in [0.05, 0.1) is 0 Å². The number of ketones is 1. The Labute approximate surface area is 128 Å². The van der Waals surface area contributed by atoms with Gasteiger partial charge >= 0.3 is 0 Å². The maximum Gasteiger partial charge on any atom is 0.133 e. The van der Waals surface area contributed by atoms with Gasteiger partial charge in [-0.05, 0) is 57.9 Å². The number of hydrogen-bond donors (Lipinski definition) is 0. The van der Waals surface area contributed by atoms with Crippen LogP contribution < -0.4 is 0 Å². The number of Topliss-reactive ketones (excluding diaryl/α,β-unsaturated/α-hetero) is 1. The highest BCUT2D eigenvalue weighted by Crippen LogP contribution is 2.39. The van der Waals surface area contributed by atoms with Crippen molar-refractivity contribution < 1.29 is 4.79 Å². The molecule has 0 bridgehead atoms. The van der Waals surface area contributed by atoms with Gasteiger partial charge in [-0.1, -0.05) is 53.6 Å². The van der Waals surface area contributed by atoms with E-state index in [1.807, 2.05) is 6.07 Å². The van der Waals surface area contributed by atoms with E-state index < -0.39 is 0 Å². The molecule has 1 aliphatic carbocycles. The monoisotopic (exact) mass is 282 g/mol. The molecule has 1 aromatic rings. The van der Waals surface area contributed by atoms with E-state index in [-0.39, 0.29) is 5.92 Å². The molecule has 0 aliphatic heterocycles. The topological polar surface area (TPSA) is 17.1 Å². The Kier molecular flexibility index (Phi) is 5.55. The van der Waals surface area contributed by atoms with E-state index in [9.17, 15) is 4.79 Å². The zero-order valence-corrected chi connectivity index (χ0v) is 13.4. The molecule has 0 aromatic heterocycles. The average molecular weight is 282 g/mol. The fraction of sp³-hybridized carbons (Fsp3) is 0.450. The van der Waals surface area contributed by atoms with Crippen LogP contribution in [-0.2, 0) is 4.79 Å². The van der Waals surface area contributed by atoms with E-state index in [2.05, 4.69) is 50.3 Å². The second-order valence-corrected chi connectivity index (χ2v) is 6.36. The first kappa shape index (κ1) is 15.8. The van der Waals surface area contributed by atoms with Gasteiger partial charge in [0.1, 0.15) is 5.78 Å². The molecule has 0 radical (unpaired) electrons. The molecule has 2 unspecified atom stereocenters. The van der Waals surface area contributed by atoms with Crippen LogP contribution >= 0.6 is 0 Å². The molecule has 1 nitrogen and oxygen atoms in total. The van der Waals surface area contributed by atoms with Gasteiger partial charge in [-0.15, -0.1) is 0 Å². The van der Waals surface area contributed by atoms with E-state index in [0.717, 1.165) is 25.7 Å². The first-order chi connectivity index (χ1) is 10.1. The highest BCUT2D eigenvalue weighted by molar-refractivity contribution is 5.80. The summed E-state index contributed by atoms with van der Waals surface area (Å²) in [6, 6.07) is 10.5. The molecule has 21 heavy (non-hydrogen) atoms. The summed E-state index contributed by atoms with van der Waals surface area (Å²) in [4.78, 5) is 12.1. The Bertz CT molecular complexity index is 532. The molecule has 0 fully saturated rings. The van der Waals surface area contributed by atoms with E-state index in [1.165, 1.54) is 16.7 Å². The molecule has 0 saturated carbocycles. The molecule has 1 aromatic carbocycles. The minimum atomic E-state index is 0.152. The highest BCUT2D eigenvalue weighted by Gasteiger charge is 2.29. The number of carbonyl (C=O) groups excluding carboxylic acids is 1. The summed E-state index contributed by atoms with van der Waals surface area (Å²) in [5.41, 5.74) is 4.13. The van der Waals surface area contributed by atoms with Gasteiger partial charge < -0.3 is 0 Å². The van der Waals surface area contributed by atoms with Crippen LogP contribution in [0, 0.1) is 5.92 Å². The molecule has 1 heteroatoms. The number of carbonyl (C=O) groups is 1. The standard InChI is InChI=1S/C20H26O/c1-15(2)8-7-9-17-12-13-19(20(14-17)16(3)21)18-10-5-4-6-11-18/h4-6,8,10-12,19-20H,7,9,13-14H2,1-3H3. The molecule has 0 N–H and O–H groups in total. The Morgan fingerprint density at radius 1 is 1.19 bits per heavy atom. The van der Waals surface area contributed by atoms with Gasteiger partial charge in [-0.2, -0.15) is 0 Å². The summed E-state index contributed by atoms with van der Waals surface area (Å²) in [5.74, 6) is 0.840. The lowest BCUT2D eigenvalue weighted by molar-refractivity contribution is -0.121. The second kappa shape index (κ2) is 7.40. The molecule has 0 saturated heterocycles. The molecular formula is C20H26O. The van der Waals surface area contributed by atoms with Crippen molar-refractivity contribution in [1.29, 1.82) is 0 Å². The molecule has 0 spiro atoms. The van der Waals surface area contributed by atoms with E-state index in [0.29, 0.717) is 11.7 Å². The summed E-state index contributed by atoms with van der Waals surface area (Å²) in [5, 5.41) is 0. The fourth-order valence-electron chi connectivity index (χ4n) is 3.21. The van der Waals surface area contributed by atoms with Crippen molar-refractivity contribution in [3.8, 4) is 0 Å². The molecule has 0 heterocycles. The second-order valence-electron chi connectivity index (χ2n) is 6.36. The van der Waals surface area contributed by atoms with E-state index in [1.54, 1.807) is 6.92 Å². The molecular weight excluding hydrogens is 256 g/mol. The Morgan fingerprint density at radius 3 is 2.52 bits per heavy atom. The quantitative estimate of drug-likeness (QED) is 0.657. The summed E-state index contributed by atoms with van der Waals surface area (Å²) in [6.07, 6.45) is 8.78. The van der Waals surface area contributed by atoms with Crippen molar-refractivity contribution >= 4 is 5.78 Å². The van der Waals surface area contributed by atoms with Crippen molar-refractivity contribution in [1.82, 2.24) is 0 Å². The number of rotatable bonds is 5. The van der Waals surface area contributed by atoms with Crippen LogP contribution in [0.25, 0.3) is 0 Å². The maximum atomic E-state index is 12.1. The van der Waals surface area contributed by atoms with Crippen molar-refractivity contribution in [2.24, 2.45) is 5.92 Å². The summed E-state index contributed by atoms with van der Waals surface area (Å²) < 4.78 is 0. The number of benzene rings is 1. The van der Waals surface area contributed by atoms with Gasteiger partial charge in [-0.3, -0.25) is 4.79 Å². The van der Waals surface area contributed by atoms with Crippen LogP contribution in [0.1, 0.15) is 57.9 Å². The lowest BCUT2D eigenvalue weighted by Gasteiger charge is -2.30. The largest absolute Gasteiger partial charge is 0.300 e. The van der Waals surface area contributed by atoms with E-state index >= 15 is 0 Å². The zero-order valence-electron chi connectivity index (χ0n) is 13.4. The van der Waals surface area contributed by atoms with Crippen LogP contribution in [0.15, 0.2) is 53.6 Å². The smallest absolute Gasteiger partial charge is 0.133 e. The van der Waals surface area contributed by atoms with Crippen LogP contribution in [0.3, 0.4) is 0 Å². The summed E-state index contributed by atoms with van der Waals surface area (Å²) in [6.45, 7) is 6.03. The number of allylic oxidation sites excluding steroid dienone is 4. The SMILES string of the molecule is CC(=O)C1CC(CCC=C(C)C)=CCC1c1ccccc1. The van der Waals surface area contributed by atoms with Gasteiger partial charge in [0.15, 0.2) is 0 Å². The normalized spacial score (nSPS) is 21.6. The maximum absolute atomic E-state index is 12.1. The Hall–Kier alpha value is -1.63. The number of hydrogen-bond acceptors (Lipinski definition) is 1. The third-order valence-corrected chi connectivity index (χ3v) is 4.40. The van der Waals surface area contributed by atoms with Crippen LogP contribution in [-0.4, -0.2) is 5.78 Å². The van der Waals surface area contributed by atoms with Crippen molar-refractivity contribution in [3.63, 3.8) is 0 Å². The Morgan fingerprint density at radius 2 is 1.90 bits per heavy atom. The van der Waals surface area contributed by atoms with Crippen LogP contribution in [0.4, 0.5) is 0 Å². The summed E-state index contributed by atoms with van der Waals surface area (Å²) >= 11 is 0. The van der Waals surface area contributed by atoms with Crippen LogP contribution in [0.5, 0.6) is 0 Å². The molecule has 1 aliphatic rings. The average Bonchev–Trinajstić information content (AvgIpc) is 2.47. The zero-order chi connectivity index (χ0) is 15.2. The predicted octanol–water partition coefficient (Wildman–Crippen LogP) is 5.44. The summed E-state index contributed by atoms with van der Waals surface area (Å²) in [7, 11) is 0. The molecule has 0 amide bonds. The Balaban J connectivity index is 2.10. The van der Waals surface area contributed by atoms with Gasteiger partial charge in [0, 0.05) is 5.92 Å². The van der Waals surface area contributed by atoms with Crippen molar-refractivity contribution in [2.75, 3.05) is 0 Å². The first-order valence-corrected chi connectivity index (χ1v) is 7.94. The van der Waals surface area contributed by atoms with Gasteiger partial charge in [-0.25, -0.2) is 0 Å². The third kappa shape index (κ3) is 4.42. The first-order valence-electron chi connectivity index (χ1n) is 7.94. The van der Waals surface area contributed by atoms with Crippen molar-refractivity contribution in [2.45, 2.75) is 52.4 Å². The molecule has 2 atom stereocenters. The molecule has 112 valence electrons. The van der Waals surface area contributed by atoms with Crippen molar-refractivity contribution in [3.05, 3.63) is 59.2 Å². The van der Waals surface area contributed by atoms with Gasteiger partial charge in [0.2, 0.25) is 0 Å². The van der Waals surface area contributed by atoms with Gasteiger partial charge in [0.25, 0.3) is 0 Å². The lowest BCUT2D eigenvalue weighted by Crippen LogP contribution is -2.23. The minimum absolute atomic E-state index is 0.152. The van der Waals surface area contributed by atoms with E-state index in [4.69, 9.17) is 0 Å². The predicted molar refractivity (Wildman–Crippen MR) is 89.3 cm³/mol. The fourth-order valence-corrected chi connectivity index (χ4v) is 3.21. The highest BCUT2D eigenvalue weighted by atomic mass is 16.1.